The van der Waals surface area contributed by atoms with E-state index >= 15 is 0 Å². The summed E-state index contributed by atoms with van der Waals surface area (Å²) in [6.07, 6.45) is 0.310. The van der Waals surface area contributed by atoms with Gasteiger partial charge in [0.05, 0.1) is 21.2 Å². The number of anilines is 1. The Kier molecular flexibility index (Phi) is 4.34. The van der Waals surface area contributed by atoms with E-state index in [9.17, 15) is 4.79 Å². The van der Waals surface area contributed by atoms with Crippen LogP contribution in [0.2, 0.25) is 10.0 Å². The van der Waals surface area contributed by atoms with Crippen LogP contribution in [0.15, 0.2) is 36.4 Å². The SMILES string of the molecule is Cc1ccc(CC(=O)Nc2nc3c(Cl)c(Cl)ccc3s2)cc1. The second-order valence-corrected chi connectivity index (χ2v) is 6.75. The predicted octanol–water partition coefficient (Wildman–Crippen LogP) is 5.09. The summed E-state index contributed by atoms with van der Waals surface area (Å²) in [6.45, 7) is 2.01. The molecule has 0 fully saturated rings. The van der Waals surface area contributed by atoms with Gasteiger partial charge in [-0.1, -0.05) is 64.4 Å². The second kappa shape index (κ2) is 6.24. The van der Waals surface area contributed by atoms with Gasteiger partial charge in [-0.2, -0.15) is 0 Å². The highest BCUT2D eigenvalue weighted by atomic mass is 35.5. The fourth-order valence-corrected chi connectivity index (χ4v) is 3.35. The fourth-order valence-electron chi connectivity index (χ4n) is 2.05. The summed E-state index contributed by atoms with van der Waals surface area (Å²) < 4.78 is 0.889. The molecule has 6 heteroatoms. The maximum atomic E-state index is 12.1. The van der Waals surface area contributed by atoms with Crippen molar-refractivity contribution in [2.75, 3.05) is 5.32 Å². The number of thiazole rings is 1. The lowest BCUT2D eigenvalue weighted by Gasteiger charge is -2.02. The minimum atomic E-state index is -0.106. The second-order valence-electron chi connectivity index (χ2n) is 4.94. The van der Waals surface area contributed by atoms with Crippen molar-refractivity contribution < 1.29 is 4.79 Å². The molecule has 1 aromatic heterocycles. The summed E-state index contributed by atoms with van der Waals surface area (Å²) >= 11 is 13.5. The molecular formula is C16H12Cl2N2OS. The van der Waals surface area contributed by atoms with Crippen molar-refractivity contribution in [3.63, 3.8) is 0 Å². The maximum absolute atomic E-state index is 12.1. The summed E-state index contributed by atoms with van der Waals surface area (Å²) in [5.74, 6) is -0.106. The molecule has 0 unspecified atom stereocenters. The number of aromatic nitrogens is 1. The van der Waals surface area contributed by atoms with Crippen molar-refractivity contribution >= 4 is 55.8 Å². The molecule has 0 bridgehead atoms. The van der Waals surface area contributed by atoms with Crippen molar-refractivity contribution in [2.45, 2.75) is 13.3 Å². The van der Waals surface area contributed by atoms with Crippen molar-refractivity contribution in [3.8, 4) is 0 Å². The summed E-state index contributed by atoms with van der Waals surface area (Å²) in [7, 11) is 0. The third-order valence-corrected chi connectivity index (χ3v) is 4.91. The van der Waals surface area contributed by atoms with Crippen molar-refractivity contribution in [1.29, 1.82) is 0 Å². The molecular weight excluding hydrogens is 339 g/mol. The number of rotatable bonds is 3. The molecule has 2 aromatic carbocycles. The van der Waals surface area contributed by atoms with Crippen LogP contribution >= 0.6 is 34.5 Å². The van der Waals surface area contributed by atoms with E-state index < -0.39 is 0 Å². The topological polar surface area (TPSA) is 42.0 Å². The molecule has 1 heterocycles. The van der Waals surface area contributed by atoms with Crippen molar-refractivity contribution in [1.82, 2.24) is 4.98 Å². The normalized spacial score (nSPS) is 10.9. The first-order valence-electron chi connectivity index (χ1n) is 6.63. The van der Waals surface area contributed by atoms with Gasteiger partial charge in [0.1, 0.15) is 5.52 Å². The van der Waals surface area contributed by atoms with Gasteiger partial charge in [0.25, 0.3) is 0 Å². The average molecular weight is 351 g/mol. The molecule has 3 nitrogen and oxygen atoms in total. The van der Waals surface area contributed by atoms with Crippen LogP contribution in [0.1, 0.15) is 11.1 Å². The largest absolute Gasteiger partial charge is 0.302 e. The highest BCUT2D eigenvalue weighted by molar-refractivity contribution is 7.22. The number of nitrogens with zero attached hydrogens (tertiary/aromatic N) is 1. The van der Waals surface area contributed by atoms with Gasteiger partial charge >= 0.3 is 0 Å². The molecule has 0 saturated carbocycles. The predicted molar refractivity (Wildman–Crippen MR) is 93.2 cm³/mol. The van der Waals surface area contributed by atoms with E-state index in [2.05, 4.69) is 10.3 Å². The molecule has 0 spiro atoms. The minimum Gasteiger partial charge on any atom is -0.302 e. The zero-order valence-electron chi connectivity index (χ0n) is 11.7. The van der Waals surface area contributed by atoms with Gasteiger partial charge in [-0.15, -0.1) is 0 Å². The van der Waals surface area contributed by atoms with E-state index in [1.165, 1.54) is 16.9 Å². The standard InChI is InChI=1S/C16H12Cl2N2OS/c1-9-2-4-10(5-3-9)8-13(21)19-16-20-15-12(22-16)7-6-11(17)14(15)18/h2-7H,8H2,1H3,(H,19,20,21). The summed E-state index contributed by atoms with van der Waals surface area (Å²) in [5.41, 5.74) is 2.75. The highest BCUT2D eigenvalue weighted by Crippen LogP contribution is 2.35. The lowest BCUT2D eigenvalue weighted by Crippen LogP contribution is -2.14. The quantitative estimate of drug-likeness (QED) is 0.714. The molecule has 0 atom stereocenters. The number of nitrogens with one attached hydrogen (secondary N) is 1. The van der Waals surface area contributed by atoms with Crippen LogP contribution in [0.5, 0.6) is 0 Å². The number of carbonyl (C=O) groups excluding carboxylic acids is 1. The molecule has 1 amide bonds. The lowest BCUT2D eigenvalue weighted by atomic mass is 10.1. The van der Waals surface area contributed by atoms with Crippen LogP contribution in [0.3, 0.4) is 0 Å². The third kappa shape index (κ3) is 3.24. The smallest absolute Gasteiger partial charge is 0.230 e. The minimum absolute atomic E-state index is 0.106. The van der Waals surface area contributed by atoms with E-state index in [1.54, 1.807) is 6.07 Å². The van der Waals surface area contributed by atoms with E-state index in [0.717, 1.165) is 10.3 Å². The molecule has 0 radical (unpaired) electrons. The number of carbonyl (C=O) groups is 1. The Balaban J connectivity index is 1.76. The van der Waals surface area contributed by atoms with Gasteiger partial charge in [-0.25, -0.2) is 4.98 Å². The zero-order chi connectivity index (χ0) is 15.7. The number of aryl methyl sites for hydroxylation is 1. The molecule has 0 saturated heterocycles. The van der Waals surface area contributed by atoms with Crippen LogP contribution in [0, 0.1) is 6.92 Å². The van der Waals surface area contributed by atoms with Crippen LogP contribution in [-0.4, -0.2) is 10.9 Å². The number of amides is 1. The fraction of sp³-hybridized carbons (Fsp3) is 0.125. The van der Waals surface area contributed by atoms with Crippen LogP contribution < -0.4 is 5.32 Å². The number of fused-ring (bicyclic) bond motifs is 1. The summed E-state index contributed by atoms with van der Waals surface area (Å²) in [5, 5.41) is 4.20. The Hall–Kier alpha value is -1.62. The Morgan fingerprint density at radius 1 is 1.18 bits per heavy atom. The third-order valence-electron chi connectivity index (χ3n) is 3.18. The Morgan fingerprint density at radius 2 is 1.91 bits per heavy atom. The van der Waals surface area contributed by atoms with Crippen LogP contribution in [0.4, 0.5) is 5.13 Å². The van der Waals surface area contributed by atoms with Gasteiger partial charge < -0.3 is 5.32 Å². The zero-order valence-corrected chi connectivity index (χ0v) is 14.0. The molecule has 0 aliphatic rings. The average Bonchev–Trinajstić information content (AvgIpc) is 2.89. The van der Waals surface area contributed by atoms with Gasteiger partial charge in [0.2, 0.25) is 5.91 Å². The number of halogens is 2. The first-order chi connectivity index (χ1) is 10.5. The molecule has 0 aliphatic heterocycles. The lowest BCUT2D eigenvalue weighted by molar-refractivity contribution is -0.115. The number of hydrogen-bond acceptors (Lipinski definition) is 3. The van der Waals surface area contributed by atoms with E-state index in [-0.39, 0.29) is 5.91 Å². The van der Waals surface area contributed by atoms with Crippen molar-refractivity contribution in [2.24, 2.45) is 0 Å². The monoisotopic (exact) mass is 350 g/mol. The first kappa shape index (κ1) is 15.3. The van der Waals surface area contributed by atoms with Gasteiger partial charge in [0, 0.05) is 0 Å². The van der Waals surface area contributed by atoms with Crippen LogP contribution in [-0.2, 0) is 11.2 Å². The van der Waals surface area contributed by atoms with Crippen molar-refractivity contribution in [3.05, 3.63) is 57.6 Å². The molecule has 3 aromatic rings. The maximum Gasteiger partial charge on any atom is 0.230 e. The van der Waals surface area contributed by atoms with Crippen LogP contribution in [0.25, 0.3) is 10.2 Å². The Bertz CT molecular complexity index is 843. The van der Waals surface area contributed by atoms with E-state index in [0.29, 0.717) is 27.1 Å². The molecule has 3 rings (SSSR count). The number of benzene rings is 2. The molecule has 22 heavy (non-hydrogen) atoms. The van der Waals surface area contributed by atoms with E-state index in [1.807, 2.05) is 37.3 Å². The molecule has 112 valence electrons. The van der Waals surface area contributed by atoms with Gasteiger partial charge in [-0.05, 0) is 24.6 Å². The van der Waals surface area contributed by atoms with E-state index in [4.69, 9.17) is 23.2 Å². The molecule has 0 aliphatic carbocycles. The Labute approximate surface area is 141 Å². The summed E-state index contributed by atoms with van der Waals surface area (Å²) in [4.78, 5) is 16.4. The molecule has 1 N–H and O–H groups in total. The number of hydrogen-bond donors (Lipinski definition) is 1. The van der Waals surface area contributed by atoms with Gasteiger partial charge in [0.15, 0.2) is 5.13 Å². The highest BCUT2D eigenvalue weighted by Gasteiger charge is 2.12. The van der Waals surface area contributed by atoms with Gasteiger partial charge in [-0.3, -0.25) is 4.79 Å². The summed E-state index contributed by atoms with van der Waals surface area (Å²) in [6, 6.07) is 11.4. The Morgan fingerprint density at radius 3 is 2.64 bits per heavy atom. The first-order valence-corrected chi connectivity index (χ1v) is 8.20.